The molecule has 8 nitrogen and oxygen atoms in total. The van der Waals surface area contributed by atoms with Gasteiger partial charge in [-0.05, 0) is 48.7 Å². The highest BCUT2D eigenvalue weighted by Gasteiger charge is 2.44. The molecule has 1 fully saturated rings. The summed E-state index contributed by atoms with van der Waals surface area (Å²) in [7, 11) is 0. The zero-order valence-corrected chi connectivity index (χ0v) is 16.4. The van der Waals surface area contributed by atoms with Crippen molar-refractivity contribution in [2.75, 3.05) is 17.2 Å². The summed E-state index contributed by atoms with van der Waals surface area (Å²) in [5, 5.41) is 8.72. The van der Waals surface area contributed by atoms with Crippen LogP contribution in [0, 0.1) is 5.82 Å². The van der Waals surface area contributed by atoms with Crippen molar-refractivity contribution in [1.29, 1.82) is 0 Å². The number of nitrogens with one attached hydrogen (secondary N) is 3. The molecule has 0 aromatic heterocycles. The van der Waals surface area contributed by atoms with E-state index < -0.39 is 29.7 Å². The van der Waals surface area contributed by atoms with Crippen molar-refractivity contribution < 1.29 is 23.6 Å². The van der Waals surface area contributed by atoms with Gasteiger partial charge in [0.2, 0.25) is 11.8 Å². The van der Waals surface area contributed by atoms with Gasteiger partial charge in [-0.2, -0.15) is 0 Å². The van der Waals surface area contributed by atoms with E-state index in [0.717, 1.165) is 22.6 Å². The number of amides is 4. The number of halogens is 1. The number of hydrogen-bond acceptors (Lipinski definition) is 6. The number of anilines is 2. The number of imide groups is 2. The van der Waals surface area contributed by atoms with Crippen LogP contribution in [0.1, 0.15) is 51.6 Å². The zero-order chi connectivity index (χ0) is 21.7. The molecule has 2 aromatic rings. The molecule has 0 aliphatic carbocycles. The number of benzene rings is 2. The lowest BCUT2D eigenvalue weighted by Gasteiger charge is -2.28. The van der Waals surface area contributed by atoms with Gasteiger partial charge in [-0.25, -0.2) is 4.39 Å². The largest absolute Gasteiger partial charge is 0.385 e. The number of carbonyl (C=O) groups is 4. The van der Waals surface area contributed by atoms with Crippen LogP contribution in [0.5, 0.6) is 0 Å². The van der Waals surface area contributed by atoms with Crippen LogP contribution in [0.25, 0.3) is 0 Å². The number of hydrogen-bond donors (Lipinski definition) is 3. The van der Waals surface area contributed by atoms with Crippen molar-refractivity contribution in [3.63, 3.8) is 0 Å². The quantitative estimate of drug-likeness (QED) is 0.655. The van der Waals surface area contributed by atoms with E-state index >= 15 is 0 Å². The average molecular weight is 422 g/mol. The molecule has 0 spiro atoms. The van der Waals surface area contributed by atoms with Gasteiger partial charge in [-0.1, -0.05) is 6.07 Å². The van der Waals surface area contributed by atoms with Crippen molar-refractivity contribution in [3.05, 3.63) is 58.9 Å². The highest BCUT2D eigenvalue weighted by atomic mass is 19.1. The first-order valence-corrected chi connectivity index (χ1v) is 10.1. The van der Waals surface area contributed by atoms with Crippen molar-refractivity contribution in [1.82, 2.24) is 10.2 Å². The summed E-state index contributed by atoms with van der Waals surface area (Å²) >= 11 is 0. The molecule has 2 aromatic carbocycles. The molecule has 0 saturated carbocycles. The van der Waals surface area contributed by atoms with E-state index in [0.29, 0.717) is 12.2 Å². The summed E-state index contributed by atoms with van der Waals surface area (Å²) < 4.78 is 13.5. The van der Waals surface area contributed by atoms with Gasteiger partial charge in [0.05, 0.1) is 17.2 Å². The second-order valence-corrected chi connectivity index (χ2v) is 7.85. The fourth-order valence-corrected chi connectivity index (χ4v) is 4.40. The third-order valence-corrected chi connectivity index (χ3v) is 5.92. The highest BCUT2D eigenvalue weighted by molar-refractivity contribution is 6.23. The molecule has 2 atom stereocenters. The van der Waals surface area contributed by atoms with Crippen LogP contribution >= 0.6 is 0 Å². The lowest BCUT2D eigenvalue weighted by molar-refractivity contribution is -0.136. The maximum Gasteiger partial charge on any atom is 0.262 e. The molecule has 9 heteroatoms. The van der Waals surface area contributed by atoms with Crippen molar-refractivity contribution in [2.45, 2.75) is 31.3 Å². The minimum atomic E-state index is -0.993. The van der Waals surface area contributed by atoms with Crippen LogP contribution in [-0.4, -0.2) is 41.1 Å². The fourth-order valence-electron chi connectivity index (χ4n) is 4.40. The van der Waals surface area contributed by atoms with E-state index in [1.54, 1.807) is 24.3 Å². The predicted octanol–water partition coefficient (Wildman–Crippen LogP) is 2.20. The van der Waals surface area contributed by atoms with Crippen molar-refractivity contribution >= 4 is 35.0 Å². The van der Waals surface area contributed by atoms with Crippen LogP contribution < -0.4 is 16.0 Å². The molecule has 31 heavy (non-hydrogen) atoms. The first-order chi connectivity index (χ1) is 14.9. The SMILES string of the molecule is O=C1CCC(N2C(=O)c3ccc(NC4CCNc5cc(F)ccc54)cc3C2=O)C(=O)N1. The van der Waals surface area contributed by atoms with Gasteiger partial charge in [0.25, 0.3) is 11.8 Å². The Kier molecular flexibility index (Phi) is 4.46. The van der Waals surface area contributed by atoms with Crippen LogP contribution in [0.4, 0.5) is 15.8 Å². The normalized spacial score (nSPS) is 22.5. The molecule has 3 N–H and O–H groups in total. The molecule has 5 rings (SSSR count). The van der Waals surface area contributed by atoms with Crippen molar-refractivity contribution in [2.24, 2.45) is 0 Å². The first kappa shape index (κ1) is 19.2. The average Bonchev–Trinajstić information content (AvgIpc) is 2.98. The maximum atomic E-state index is 13.5. The molecule has 2 unspecified atom stereocenters. The van der Waals surface area contributed by atoms with Gasteiger partial charge in [0.1, 0.15) is 11.9 Å². The molecule has 0 bridgehead atoms. The van der Waals surface area contributed by atoms with Gasteiger partial charge in [-0.15, -0.1) is 0 Å². The van der Waals surface area contributed by atoms with Gasteiger partial charge in [0.15, 0.2) is 0 Å². The highest BCUT2D eigenvalue weighted by Crippen LogP contribution is 2.35. The topological polar surface area (TPSA) is 108 Å². The second kappa shape index (κ2) is 7.19. The molecule has 4 amide bonds. The van der Waals surface area contributed by atoms with E-state index in [1.807, 2.05) is 0 Å². The molecular formula is C22H19FN4O4. The number of piperidine rings is 1. The summed E-state index contributed by atoms with van der Waals surface area (Å²) in [5.74, 6) is -2.45. The second-order valence-electron chi connectivity index (χ2n) is 7.85. The summed E-state index contributed by atoms with van der Waals surface area (Å²) in [6.07, 6.45) is 0.945. The van der Waals surface area contributed by atoms with Gasteiger partial charge in [-0.3, -0.25) is 29.4 Å². The maximum absolute atomic E-state index is 13.5. The Morgan fingerprint density at radius 2 is 1.77 bits per heavy atom. The van der Waals surface area contributed by atoms with Gasteiger partial charge >= 0.3 is 0 Å². The Balaban J connectivity index is 1.40. The Hall–Kier alpha value is -3.75. The van der Waals surface area contributed by atoms with E-state index in [9.17, 15) is 23.6 Å². The molecule has 1 saturated heterocycles. The third-order valence-electron chi connectivity index (χ3n) is 5.92. The standard InChI is InChI=1S/C22H19FN4O4/c23-11-1-3-14-16(7-8-24-17(14)9-11)25-12-2-4-13-15(10-12)22(31)27(21(13)30)18-5-6-19(28)26-20(18)29/h1-4,9-10,16,18,24-25H,5-8H2,(H,26,28,29). The Bertz CT molecular complexity index is 1150. The Morgan fingerprint density at radius 1 is 0.968 bits per heavy atom. The zero-order valence-electron chi connectivity index (χ0n) is 16.4. The lowest BCUT2D eigenvalue weighted by Crippen LogP contribution is -2.54. The van der Waals surface area contributed by atoms with Crippen LogP contribution in [-0.2, 0) is 9.59 Å². The molecule has 158 valence electrons. The smallest absolute Gasteiger partial charge is 0.262 e. The summed E-state index contributed by atoms with van der Waals surface area (Å²) in [4.78, 5) is 50.3. The van der Waals surface area contributed by atoms with E-state index in [-0.39, 0.29) is 35.8 Å². The van der Waals surface area contributed by atoms with Crippen LogP contribution in [0.15, 0.2) is 36.4 Å². The molecular weight excluding hydrogens is 403 g/mol. The van der Waals surface area contributed by atoms with E-state index in [1.165, 1.54) is 12.1 Å². The number of nitrogens with zero attached hydrogens (tertiary/aromatic N) is 1. The van der Waals surface area contributed by atoms with Gasteiger partial charge in [0, 0.05) is 24.3 Å². The molecule has 0 radical (unpaired) electrons. The fraction of sp³-hybridized carbons (Fsp3) is 0.273. The molecule has 3 aliphatic heterocycles. The summed E-state index contributed by atoms with van der Waals surface area (Å²) in [5.41, 5.74) is 2.73. The number of carbonyl (C=O) groups excluding carboxylic acids is 4. The van der Waals surface area contributed by atoms with Crippen LogP contribution in [0.3, 0.4) is 0 Å². The van der Waals surface area contributed by atoms with Crippen LogP contribution in [0.2, 0.25) is 0 Å². The lowest BCUT2D eigenvalue weighted by atomic mass is 9.97. The number of fused-ring (bicyclic) bond motifs is 2. The monoisotopic (exact) mass is 422 g/mol. The minimum Gasteiger partial charge on any atom is -0.385 e. The first-order valence-electron chi connectivity index (χ1n) is 10.1. The predicted molar refractivity (Wildman–Crippen MR) is 109 cm³/mol. The van der Waals surface area contributed by atoms with Gasteiger partial charge < -0.3 is 10.6 Å². The summed E-state index contributed by atoms with van der Waals surface area (Å²) in [6.45, 7) is 0.666. The van der Waals surface area contributed by atoms with E-state index in [4.69, 9.17) is 0 Å². The minimum absolute atomic E-state index is 0.0757. The third kappa shape index (κ3) is 3.22. The van der Waals surface area contributed by atoms with E-state index in [2.05, 4.69) is 16.0 Å². The van der Waals surface area contributed by atoms with Crippen molar-refractivity contribution in [3.8, 4) is 0 Å². The Labute approximate surface area is 176 Å². The Morgan fingerprint density at radius 3 is 2.58 bits per heavy atom. The summed E-state index contributed by atoms with van der Waals surface area (Å²) in [6, 6.07) is 8.38. The molecule has 3 heterocycles. The number of rotatable bonds is 3. The molecule has 3 aliphatic rings.